The number of hydrogen-bond donors (Lipinski definition) is 1. The highest BCUT2D eigenvalue weighted by molar-refractivity contribution is 14.1. The fourth-order valence-corrected chi connectivity index (χ4v) is 2.65. The summed E-state index contributed by atoms with van der Waals surface area (Å²) in [5, 5.41) is 6.72. The Morgan fingerprint density at radius 3 is 2.75 bits per heavy atom. The number of halogens is 2. The molecule has 1 atom stereocenters. The highest BCUT2D eigenvalue weighted by atomic mass is 127. The summed E-state index contributed by atoms with van der Waals surface area (Å²) in [6, 6.07) is 5.76. The van der Waals surface area contributed by atoms with E-state index < -0.39 is 23.5 Å². The molecule has 0 aliphatic carbocycles. The van der Waals surface area contributed by atoms with Crippen molar-refractivity contribution < 1.29 is 14.0 Å². The van der Waals surface area contributed by atoms with Crippen molar-refractivity contribution in [1.29, 1.82) is 0 Å². The van der Waals surface area contributed by atoms with E-state index >= 15 is 0 Å². The summed E-state index contributed by atoms with van der Waals surface area (Å²) in [6.07, 6.45) is 0. The first kappa shape index (κ1) is 13.2. The van der Waals surface area contributed by atoms with Crippen molar-refractivity contribution in [3.8, 4) is 0 Å². The second-order valence-corrected chi connectivity index (χ2v) is 5.52. The van der Waals surface area contributed by atoms with E-state index in [0.717, 1.165) is 4.68 Å². The van der Waals surface area contributed by atoms with Gasteiger partial charge in [-0.15, -0.1) is 0 Å². The van der Waals surface area contributed by atoms with Crippen LogP contribution in [0.25, 0.3) is 0 Å². The van der Waals surface area contributed by atoms with E-state index in [9.17, 15) is 14.0 Å². The third kappa shape index (κ3) is 1.84. The van der Waals surface area contributed by atoms with E-state index in [1.807, 2.05) is 22.6 Å². The molecule has 2 heterocycles. The molecule has 1 amide bonds. The average Bonchev–Trinajstić information content (AvgIpc) is 2.69. The number of fused-ring (bicyclic) bond motifs is 1. The van der Waals surface area contributed by atoms with Gasteiger partial charge >= 0.3 is 0 Å². The Morgan fingerprint density at radius 1 is 1.35 bits per heavy atom. The molecule has 1 aromatic carbocycles. The molecule has 1 N–H and O–H groups in total. The predicted molar refractivity (Wildman–Crippen MR) is 78.1 cm³/mol. The summed E-state index contributed by atoms with van der Waals surface area (Å²) in [5.41, 5.74) is 0.701. The first-order valence-electron chi connectivity index (χ1n) is 5.85. The fraction of sp³-hybridized carbons (Fsp3) is 0.154. The first-order valence-corrected chi connectivity index (χ1v) is 6.93. The van der Waals surface area contributed by atoms with Crippen molar-refractivity contribution >= 4 is 40.2 Å². The van der Waals surface area contributed by atoms with Gasteiger partial charge in [-0.2, -0.15) is 9.78 Å². The van der Waals surface area contributed by atoms with Gasteiger partial charge in [0.2, 0.25) is 5.91 Å². The van der Waals surface area contributed by atoms with Crippen LogP contribution < -0.4 is 5.32 Å². The van der Waals surface area contributed by atoms with Crippen molar-refractivity contribution in [2.24, 2.45) is 0 Å². The van der Waals surface area contributed by atoms with Crippen molar-refractivity contribution in [3.05, 3.63) is 44.9 Å². The highest BCUT2D eigenvalue weighted by Gasteiger charge is 2.39. The van der Waals surface area contributed by atoms with Crippen molar-refractivity contribution in [3.63, 3.8) is 0 Å². The van der Waals surface area contributed by atoms with Crippen LogP contribution >= 0.6 is 22.6 Å². The molecule has 102 valence electrons. The lowest BCUT2D eigenvalue weighted by Crippen LogP contribution is -2.38. The van der Waals surface area contributed by atoms with Crippen LogP contribution in [0.2, 0.25) is 0 Å². The predicted octanol–water partition coefficient (Wildman–Crippen LogP) is 2.31. The summed E-state index contributed by atoms with van der Waals surface area (Å²) < 4.78 is 15.7. The van der Waals surface area contributed by atoms with Crippen LogP contribution in [0.3, 0.4) is 0 Å². The molecule has 7 heteroatoms. The third-order valence-corrected chi connectivity index (χ3v) is 4.45. The SMILES string of the molecule is Cc1nn2c(c1I)NC(=O)C(c1ccccc1F)C2=O. The van der Waals surface area contributed by atoms with Gasteiger partial charge in [0.05, 0.1) is 9.26 Å². The first-order chi connectivity index (χ1) is 9.50. The molecule has 0 bridgehead atoms. The van der Waals surface area contributed by atoms with Crippen molar-refractivity contribution in [2.75, 3.05) is 5.32 Å². The molecule has 3 rings (SSSR count). The monoisotopic (exact) mass is 385 g/mol. The van der Waals surface area contributed by atoms with Gasteiger partial charge in [0, 0.05) is 5.56 Å². The number of nitrogens with one attached hydrogen (secondary N) is 1. The summed E-state index contributed by atoms with van der Waals surface area (Å²) in [7, 11) is 0. The molecule has 0 saturated carbocycles. The second kappa shape index (κ2) is 4.65. The van der Waals surface area contributed by atoms with Gasteiger partial charge in [-0.05, 0) is 35.6 Å². The number of amides is 1. The lowest BCUT2D eigenvalue weighted by Gasteiger charge is -2.22. The zero-order chi connectivity index (χ0) is 14.4. The Balaban J connectivity index is 2.14. The number of aryl methyl sites for hydroxylation is 1. The minimum absolute atomic E-state index is 0.0591. The number of nitrogens with zero attached hydrogens (tertiary/aromatic N) is 2. The van der Waals surface area contributed by atoms with Gasteiger partial charge in [0.25, 0.3) is 5.91 Å². The van der Waals surface area contributed by atoms with Crippen LogP contribution in [0, 0.1) is 16.3 Å². The van der Waals surface area contributed by atoms with Crippen LogP contribution in [-0.4, -0.2) is 21.6 Å². The maximum absolute atomic E-state index is 13.8. The standard InChI is InChI=1S/C13H9FIN3O2/c1-6-10(15)11-16-12(19)9(13(20)18(11)17-6)7-4-2-3-5-8(7)14/h2-5,9H,1H3,(H,16,19). The van der Waals surface area contributed by atoms with Crippen molar-refractivity contribution in [1.82, 2.24) is 9.78 Å². The summed E-state index contributed by atoms with van der Waals surface area (Å²) in [6.45, 7) is 1.74. The highest BCUT2D eigenvalue weighted by Crippen LogP contribution is 2.31. The number of anilines is 1. The van der Waals surface area contributed by atoms with Gasteiger partial charge in [0.1, 0.15) is 11.7 Å². The normalized spacial score (nSPS) is 17.9. The Labute approximate surface area is 127 Å². The number of carbonyl (C=O) groups excluding carboxylic acids is 2. The van der Waals surface area contributed by atoms with E-state index in [-0.39, 0.29) is 5.56 Å². The molecule has 1 aliphatic rings. The lowest BCUT2D eigenvalue weighted by molar-refractivity contribution is -0.117. The fourth-order valence-electron chi connectivity index (χ4n) is 2.18. The van der Waals surface area contributed by atoms with Crippen LogP contribution in [-0.2, 0) is 4.79 Å². The topological polar surface area (TPSA) is 64.0 Å². The van der Waals surface area contributed by atoms with E-state index in [2.05, 4.69) is 10.4 Å². The Hall–Kier alpha value is -1.77. The van der Waals surface area contributed by atoms with Gasteiger partial charge < -0.3 is 5.32 Å². The smallest absolute Gasteiger partial charge is 0.265 e. The van der Waals surface area contributed by atoms with Crippen LogP contribution in [0.15, 0.2) is 24.3 Å². The molecule has 1 aliphatic heterocycles. The molecule has 20 heavy (non-hydrogen) atoms. The molecular formula is C13H9FIN3O2. The quantitative estimate of drug-likeness (QED) is 0.606. The summed E-state index contributed by atoms with van der Waals surface area (Å²) >= 11 is 2.01. The zero-order valence-electron chi connectivity index (χ0n) is 10.4. The molecule has 5 nitrogen and oxygen atoms in total. The number of benzene rings is 1. The molecule has 2 aromatic rings. The molecule has 0 spiro atoms. The molecule has 0 saturated heterocycles. The van der Waals surface area contributed by atoms with E-state index in [0.29, 0.717) is 15.1 Å². The summed E-state index contributed by atoms with van der Waals surface area (Å²) in [5.74, 6) is -2.52. The molecule has 1 aromatic heterocycles. The maximum Gasteiger partial charge on any atom is 0.265 e. The van der Waals surface area contributed by atoms with E-state index in [1.54, 1.807) is 13.0 Å². The van der Waals surface area contributed by atoms with Gasteiger partial charge in [-0.3, -0.25) is 9.59 Å². The van der Waals surface area contributed by atoms with Crippen molar-refractivity contribution in [2.45, 2.75) is 12.8 Å². The van der Waals surface area contributed by atoms with Crippen LogP contribution in [0.1, 0.15) is 22.0 Å². The Kier molecular flexibility index (Phi) is 3.08. The van der Waals surface area contributed by atoms with Crippen LogP contribution in [0.5, 0.6) is 0 Å². The molecule has 1 unspecified atom stereocenters. The van der Waals surface area contributed by atoms with Gasteiger partial charge in [0.15, 0.2) is 5.82 Å². The van der Waals surface area contributed by atoms with E-state index in [4.69, 9.17) is 0 Å². The largest absolute Gasteiger partial charge is 0.309 e. The molecule has 0 fully saturated rings. The minimum Gasteiger partial charge on any atom is -0.309 e. The lowest BCUT2D eigenvalue weighted by atomic mass is 9.95. The number of carbonyl (C=O) groups is 2. The third-order valence-electron chi connectivity index (χ3n) is 3.16. The number of rotatable bonds is 1. The number of aromatic nitrogens is 2. The van der Waals surface area contributed by atoms with Gasteiger partial charge in [-0.25, -0.2) is 4.39 Å². The Morgan fingerprint density at radius 2 is 2.05 bits per heavy atom. The second-order valence-electron chi connectivity index (χ2n) is 4.44. The minimum atomic E-state index is -1.21. The van der Waals surface area contributed by atoms with E-state index in [1.165, 1.54) is 18.2 Å². The van der Waals surface area contributed by atoms with Crippen LogP contribution in [0.4, 0.5) is 10.2 Å². The zero-order valence-corrected chi connectivity index (χ0v) is 12.5. The number of hydrogen-bond acceptors (Lipinski definition) is 3. The molecular weight excluding hydrogens is 376 g/mol. The molecule has 0 radical (unpaired) electrons. The summed E-state index contributed by atoms with van der Waals surface area (Å²) in [4.78, 5) is 24.6. The van der Waals surface area contributed by atoms with Gasteiger partial charge in [-0.1, -0.05) is 18.2 Å². The Bertz CT molecular complexity index is 741. The maximum atomic E-state index is 13.8. The average molecular weight is 385 g/mol.